The molecule has 3 aliphatic rings. The Labute approximate surface area is 84.8 Å². The summed E-state index contributed by atoms with van der Waals surface area (Å²) in [5, 5.41) is 3.47. The third-order valence-corrected chi connectivity index (χ3v) is 4.52. The summed E-state index contributed by atoms with van der Waals surface area (Å²) in [7, 11) is 0. The second-order valence-corrected chi connectivity index (χ2v) is 5.34. The lowest BCUT2D eigenvalue weighted by atomic mass is 9.59. The fourth-order valence-corrected chi connectivity index (χ4v) is 3.33. The van der Waals surface area contributed by atoms with Crippen molar-refractivity contribution in [2.24, 2.45) is 11.3 Å². The molecule has 0 amide bonds. The van der Waals surface area contributed by atoms with Crippen molar-refractivity contribution < 1.29 is 4.39 Å². The predicted octanol–water partition coefficient (Wildman–Crippen LogP) is 1.03. The first-order valence-electron chi connectivity index (χ1n) is 5.86. The van der Waals surface area contributed by atoms with E-state index >= 15 is 0 Å². The molecule has 2 saturated heterocycles. The quantitative estimate of drug-likeness (QED) is 0.713. The molecule has 2 aliphatic heterocycles. The van der Waals surface area contributed by atoms with Crippen molar-refractivity contribution in [1.29, 1.82) is 0 Å². The molecule has 1 N–H and O–H groups in total. The summed E-state index contributed by atoms with van der Waals surface area (Å²) < 4.78 is 12.7. The van der Waals surface area contributed by atoms with Crippen LogP contribution in [0.15, 0.2) is 0 Å². The molecule has 3 fully saturated rings. The van der Waals surface area contributed by atoms with Crippen molar-refractivity contribution in [3.63, 3.8) is 0 Å². The van der Waals surface area contributed by atoms with E-state index in [0.717, 1.165) is 12.5 Å². The number of halogens is 1. The maximum absolute atomic E-state index is 12.7. The average Bonchev–Trinajstić information content (AvgIpc) is 2.59. The molecule has 1 spiro atoms. The van der Waals surface area contributed by atoms with E-state index in [1.165, 1.54) is 32.4 Å². The van der Waals surface area contributed by atoms with Gasteiger partial charge in [0.2, 0.25) is 0 Å². The first kappa shape index (κ1) is 9.10. The lowest BCUT2D eigenvalue weighted by Crippen LogP contribution is -2.55. The van der Waals surface area contributed by atoms with E-state index in [2.05, 4.69) is 10.2 Å². The number of alkyl halides is 1. The number of nitrogens with zero attached hydrogens (tertiary/aromatic N) is 1. The van der Waals surface area contributed by atoms with Crippen LogP contribution in [-0.2, 0) is 0 Å². The van der Waals surface area contributed by atoms with Gasteiger partial charge in [0, 0.05) is 26.2 Å². The summed E-state index contributed by atoms with van der Waals surface area (Å²) in [6, 6.07) is 0. The van der Waals surface area contributed by atoms with E-state index in [1.807, 2.05) is 0 Å². The van der Waals surface area contributed by atoms with Gasteiger partial charge in [-0.1, -0.05) is 0 Å². The predicted molar refractivity (Wildman–Crippen MR) is 54.0 cm³/mol. The highest BCUT2D eigenvalue weighted by atomic mass is 19.1. The van der Waals surface area contributed by atoms with Gasteiger partial charge in [-0.25, -0.2) is 4.39 Å². The summed E-state index contributed by atoms with van der Waals surface area (Å²) in [4.78, 5) is 2.29. The van der Waals surface area contributed by atoms with Gasteiger partial charge in [0.1, 0.15) is 6.17 Å². The number of hydrogen-bond donors (Lipinski definition) is 1. The van der Waals surface area contributed by atoms with Crippen LogP contribution >= 0.6 is 0 Å². The van der Waals surface area contributed by atoms with Crippen molar-refractivity contribution in [3.05, 3.63) is 0 Å². The summed E-state index contributed by atoms with van der Waals surface area (Å²) in [6.07, 6.45) is 3.59. The number of likely N-dealkylation sites (tertiary alicyclic amines) is 1. The van der Waals surface area contributed by atoms with Gasteiger partial charge >= 0.3 is 0 Å². The molecule has 0 aromatic rings. The van der Waals surface area contributed by atoms with Crippen LogP contribution in [0.25, 0.3) is 0 Å². The largest absolute Gasteiger partial charge is 0.316 e. The maximum Gasteiger partial charge on any atom is 0.125 e. The van der Waals surface area contributed by atoms with Crippen molar-refractivity contribution in [2.75, 3.05) is 32.7 Å². The Morgan fingerprint density at radius 2 is 2.21 bits per heavy atom. The van der Waals surface area contributed by atoms with Crippen molar-refractivity contribution in [2.45, 2.75) is 25.4 Å². The molecular formula is C11H19FN2. The number of hydrogen-bond acceptors (Lipinski definition) is 2. The van der Waals surface area contributed by atoms with Crippen LogP contribution in [0.4, 0.5) is 4.39 Å². The molecule has 0 aromatic carbocycles. The van der Waals surface area contributed by atoms with Gasteiger partial charge in [-0.2, -0.15) is 0 Å². The molecule has 3 rings (SSSR count). The summed E-state index contributed by atoms with van der Waals surface area (Å²) >= 11 is 0. The SMILES string of the molecule is FC1CN(CC2CCC23CCNC3)C1. The minimum atomic E-state index is -0.535. The average molecular weight is 198 g/mol. The Balaban J connectivity index is 1.53. The smallest absolute Gasteiger partial charge is 0.125 e. The molecule has 2 unspecified atom stereocenters. The lowest BCUT2D eigenvalue weighted by molar-refractivity contribution is -0.0220. The van der Waals surface area contributed by atoms with E-state index in [0.29, 0.717) is 18.5 Å². The zero-order valence-corrected chi connectivity index (χ0v) is 8.64. The molecule has 80 valence electrons. The summed E-state index contributed by atoms with van der Waals surface area (Å²) in [5.41, 5.74) is 0.612. The van der Waals surface area contributed by atoms with Crippen LogP contribution in [0.5, 0.6) is 0 Å². The van der Waals surface area contributed by atoms with Gasteiger partial charge in [-0.15, -0.1) is 0 Å². The highest BCUT2D eigenvalue weighted by Gasteiger charge is 2.49. The Morgan fingerprint density at radius 1 is 1.36 bits per heavy atom. The molecule has 2 heterocycles. The van der Waals surface area contributed by atoms with Crippen LogP contribution in [0.3, 0.4) is 0 Å². The van der Waals surface area contributed by atoms with E-state index in [9.17, 15) is 4.39 Å². The number of nitrogens with one attached hydrogen (secondary N) is 1. The van der Waals surface area contributed by atoms with Gasteiger partial charge in [-0.3, -0.25) is 4.90 Å². The van der Waals surface area contributed by atoms with Gasteiger partial charge in [0.15, 0.2) is 0 Å². The summed E-state index contributed by atoms with van der Waals surface area (Å²) in [6.45, 7) is 4.95. The zero-order chi connectivity index (χ0) is 9.60. The molecular weight excluding hydrogens is 179 g/mol. The Hall–Kier alpha value is -0.150. The third-order valence-electron chi connectivity index (χ3n) is 4.52. The van der Waals surface area contributed by atoms with Crippen LogP contribution in [0.1, 0.15) is 19.3 Å². The second-order valence-electron chi connectivity index (χ2n) is 5.34. The van der Waals surface area contributed by atoms with E-state index < -0.39 is 6.17 Å². The Bertz CT molecular complexity index is 219. The molecule has 0 radical (unpaired) electrons. The van der Waals surface area contributed by atoms with Crippen LogP contribution < -0.4 is 5.32 Å². The second kappa shape index (κ2) is 3.17. The first-order valence-corrected chi connectivity index (χ1v) is 5.86. The fourth-order valence-electron chi connectivity index (χ4n) is 3.33. The molecule has 1 saturated carbocycles. The molecule has 14 heavy (non-hydrogen) atoms. The topological polar surface area (TPSA) is 15.3 Å². The van der Waals surface area contributed by atoms with Crippen molar-refractivity contribution in [1.82, 2.24) is 10.2 Å². The Kier molecular flexibility index (Phi) is 2.06. The van der Waals surface area contributed by atoms with Crippen LogP contribution in [0, 0.1) is 11.3 Å². The highest BCUT2D eigenvalue weighted by Crippen LogP contribution is 2.51. The Morgan fingerprint density at radius 3 is 2.71 bits per heavy atom. The minimum absolute atomic E-state index is 0.535. The van der Waals surface area contributed by atoms with Crippen LogP contribution in [-0.4, -0.2) is 43.8 Å². The lowest BCUT2D eigenvalue weighted by Gasteiger charge is -2.50. The normalized spacial score (nSPS) is 43.9. The zero-order valence-electron chi connectivity index (χ0n) is 8.64. The standard InChI is InChI=1S/C11H19FN2/c12-10-6-14(7-10)5-9-1-2-11(9)3-4-13-8-11/h9-10,13H,1-8H2. The molecule has 2 nitrogen and oxygen atoms in total. The molecule has 3 heteroatoms. The van der Waals surface area contributed by atoms with Gasteiger partial charge in [0.05, 0.1) is 0 Å². The number of rotatable bonds is 2. The van der Waals surface area contributed by atoms with E-state index in [-0.39, 0.29) is 0 Å². The monoisotopic (exact) mass is 198 g/mol. The van der Waals surface area contributed by atoms with Gasteiger partial charge < -0.3 is 5.32 Å². The molecule has 0 aromatic heterocycles. The van der Waals surface area contributed by atoms with E-state index in [4.69, 9.17) is 0 Å². The molecule has 1 aliphatic carbocycles. The molecule has 2 atom stereocenters. The van der Waals surface area contributed by atoms with Crippen molar-refractivity contribution >= 4 is 0 Å². The van der Waals surface area contributed by atoms with Crippen LogP contribution in [0.2, 0.25) is 0 Å². The van der Waals surface area contributed by atoms with E-state index in [1.54, 1.807) is 0 Å². The highest BCUT2D eigenvalue weighted by molar-refractivity contribution is 5.02. The third kappa shape index (κ3) is 1.29. The summed E-state index contributed by atoms with van der Waals surface area (Å²) in [5.74, 6) is 0.852. The van der Waals surface area contributed by atoms with Gasteiger partial charge in [0.25, 0.3) is 0 Å². The first-order chi connectivity index (χ1) is 6.78. The fraction of sp³-hybridized carbons (Fsp3) is 1.00. The minimum Gasteiger partial charge on any atom is -0.316 e. The maximum atomic E-state index is 12.7. The molecule has 0 bridgehead atoms. The van der Waals surface area contributed by atoms with Gasteiger partial charge in [-0.05, 0) is 37.1 Å². The van der Waals surface area contributed by atoms with Crippen molar-refractivity contribution in [3.8, 4) is 0 Å².